The van der Waals surface area contributed by atoms with Crippen molar-refractivity contribution in [2.24, 2.45) is 0 Å². The summed E-state index contributed by atoms with van der Waals surface area (Å²) >= 11 is 0. The average molecular weight is 320 g/mol. The Morgan fingerprint density at radius 3 is 2.32 bits per heavy atom. The molecule has 0 saturated heterocycles. The van der Waals surface area contributed by atoms with Crippen LogP contribution in [0, 0.1) is 0 Å². The minimum Gasteiger partial charge on any atom is -0.497 e. The molecule has 2 N–H and O–H groups in total. The van der Waals surface area contributed by atoms with Crippen LogP contribution in [0.3, 0.4) is 0 Å². The number of methoxy groups -OCH3 is 1. The maximum absolute atomic E-state index is 12.2. The highest BCUT2D eigenvalue weighted by atomic mass is 32.2. The third-order valence-corrected chi connectivity index (χ3v) is 4.07. The summed E-state index contributed by atoms with van der Waals surface area (Å²) in [4.78, 5) is 0.115. The summed E-state index contributed by atoms with van der Waals surface area (Å²) in [6.07, 6.45) is 1.68. The van der Waals surface area contributed by atoms with Crippen LogP contribution in [0.2, 0.25) is 0 Å². The summed E-state index contributed by atoms with van der Waals surface area (Å²) in [6.45, 7) is 4.12. The van der Waals surface area contributed by atoms with E-state index in [-0.39, 0.29) is 10.7 Å². The summed E-state index contributed by atoms with van der Waals surface area (Å²) in [7, 11) is -2.20. The van der Waals surface area contributed by atoms with E-state index in [0.717, 1.165) is 0 Å². The number of hydrogen-bond acceptors (Lipinski definition) is 6. The SMILES string of the molecule is C=CCNc1ccc(NS(=O)(=O)c2ccc(OC)cc2)nn1. The molecule has 1 heterocycles. The number of benzene rings is 1. The van der Waals surface area contributed by atoms with Crippen molar-refractivity contribution < 1.29 is 13.2 Å². The molecular weight excluding hydrogens is 304 g/mol. The molecule has 0 aliphatic rings. The van der Waals surface area contributed by atoms with Gasteiger partial charge in [-0.3, -0.25) is 4.72 Å². The lowest BCUT2D eigenvalue weighted by Crippen LogP contribution is -2.14. The molecule has 8 heteroatoms. The predicted molar refractivity (Wildman–Crippen MR) is 84.5 cm³/mol. The van der Waals surface area contributed by atoms with Gasteiger partial charge in [-0.25, -0.2) is 8.42 Å². The van der Waals surface area contributed by atoms with E-state index in [4.69, 9.17) is 4.74 Å². The molecule has 22 heavy (non-hydrogen) atoms. The number of sulfonamides is 1. The predicted octanol–water partition coefficient (Wildman–Crippen LogP) is 1.88. The van der Waals surface area contributed by atoms with Crippen LogP contribution in [0.25, 0.3) is 0 Å². The van der Waals surface area contributed by atoms with Gasteiger partial charge < -0.3 is 10.1 Å². The van der Waals surface area contributed by atoms with Crippen LogP contribution in [-0.4, -0.2) is 32.3 Å². The number of nitrogens with zero attached hydrogens (tertiary/aromatic N) is 2. The fourth-order valence-corrected chi connectivity index (χ4v) is 2.61. The first-order chi connectivity index (χ1) is 10.5. The maximum Gasteiger partial charge on any atom is 0.263 e. The van der Waals surface area contributed by atoms with Gasteiger partial charge in [-0.15, -0.1) is 16.8 Å². The summed E-state index contributed by atoms with van der Waals surface area (Å²) in [5.74, 6) is 1.25. The minimum absolute atomic E-state index is 0.115. The quantitative estimate of drug-likeness (QED) is 0.757. The Kier molecular flexibility index (Phi) is 4.95. The van der Waals surface area contributed by atoms with Crippen molar-refractivity contribution in [2.45, 2.75) is 4.90 Å². The molecule has 0 aliphatic carbocycles. The molecule has 0 atom stereocenters. The zero-order valence-electron chi connectivity index (χ0n) is 12.0. The van der Waals surface area contributed by atoms with Gasteiger partial charge >= 0.3 is 0 Å². The average Bonchev–Trinajstić information content (AvgIpc) is 2.54. The Morgan fingerprint density at radius 2 is 1.77 bits per heavy atom. The lowest BCUT2D eigenvalue weighted by atomic mass is 10.3. The Balaban J connectivity index is 2.12. The van der Waals surface area contributed by atoms with Crippen LogP contribution >= 0.6 is 0 Å². The van der Waals surface area contributed by atoms with E-state index in [1.165, 1.54) is 25.3 Å². The number of hydrogen-bond donors (Lipinski definition) is 2. The lowest BCUT2D eigenvalue weighted by Gasteiger charge is -2.08. The number of aromatic nitrogens is 2. The van der Waals surface area contributed by atoms with Crippen LogP contribution in [0.4, 0.5) is 11.6 Å². The molecule has 0 fully saturated rings. The van der Waals surface area contributed by atoms with Crippen molar-refractivity contribution in [3.63, 3.8) is 0 Å². The Morgan fingerprint density at radius 1 is 1.14 bits per heavy atom. The molecule has 0 bridgehead atoms. The van der Waals surface area contributed by atoms with E-state index in [1.807, 2.05) is 0 Å². The molecule has 0 spiro atoms. The van der Waals surface area contributed by atoms with Gasteiger partial charge in [0.05, 0.1) is 12.0 Å². The zero-order chi connectivity index (χ0) is 16.0. The molecule has 0 radical (unpaired) electrons. The Bertz CT molecular complexity index is 728. The fourth-order valence-electron chi connectivity index (χ4n) is 1.61. The summed E-state index contributed by atoms with van der Waals surface area (Å²) in [5, 5.41) is 10.6. The van der Waals surface area contributed by atoms with E-state index in [2.05, 4.69) is 26.8 Å². The first-order valence-electron chi connectivity index (χ1n) is 6.40. The molecule has 1 aromatic carbocycles. The molecule has 1 aromatic heterocycles. The first kappa shape index (κ1) is 15.8. The number of anilines is 2. The van der Waals surface area contributed by atoms with E-state index in [0.29, 0.717) is 18.1 Å². The van der Waals surface area contributed by atoms with E-state index >= 15 is 0 Å². The second-order valence-electron chi connectivity index (χ2n) is 4.25. The van der Waals surface area contributed by atoms with Crippen LogP contribution < -0.4 is 14.8 Å². The Hall–Kier alpha value is -2.61. The highest BCUT2D eigenvalue weighted by Gasteiger charge is 2.15. The molecule has 2 aromatic rings. The van der Waals surface area contributed by atoms with Gasteiger partial charge in [-0.2, -0.15) is 0 Å². The van der Waals surface area contributed by atoms with Gasteiger partial charge in [0.15, 0.2) is 5.82 Å². The van der Waals surface area contributed by atoms with Crippen molar-refractivity contribution in [3.8, 4) is 5.75 Å². The fraction of sp³-hybridized carbons (Fsp3) is 0.143. The van der Waals surface area contributed by atoms with Crippen LogP contribution in [0.15, 0.2) is 53.9 Å². The minimum atomic E-state index is -3.71. The van der Waals surface area contributed by atoms with Gasteiger partial charge in [-0.1, -0.05) is 6.08 Å². The molecular formula is C14H16N4O3S. The molecule has 0 amide bonds. The van der Waals surface area contributed by atoms with Gasteiger partial charge in [0.25, 0.3) is 10.0 Å². The van der Waals surface area contributed by atoms with Crippen molar-refractivity contribution in [3.05, 3.63) is 49.1 Å². The summed E-state index contributed by atoms with van der Waals surface area (Å²) in [5.41, 5.74) is 0. The summed E-state index contributed by atoms with van der Waals surface area (Å²) < 4.78 is 31.8. The van der Waals surface area contributed by atoms with Crippen molar-refractivity contribution >= 4 is 21.7 Å². The topological polar surface area (TPSA) is 93.2 Å². The molecule has 7 nitrogen and oxygen atoms in total. The second-order valence-corrected chi connectivity index (χ2v) is 5.94. The molecule has 2 rings (SSSR count). The van der Waals surface area contributed by atoms with Gasteiger partial charge in [0.1, 0.15) is 11.6 Å². The molecule has 0 unspecified atom stereocenters. The standard InChI is InChI=1S/C14H16N4O3S/c1-3-10-15-13-8-9-14(17-16-13)18-22(19,20)12-6-4-11(21-2)5-7-12/h3-9H,1,10H2,2H3,(H,15,16)(H,17,18). The first-order valence-corrected chi connectivity index (χ1v) is 7.89. The van der Waals surface area contributed by atoms with Crippen LogP contribution in [0.5, 0.6) is 5.75 Å². The molecule has 0 aliphatic heterocycles. The Labute approximate surface area is 129 Å². The second kappa shape index (κ2) is 6.90. The van der Waals surface area contributed by atoms with Crippen molar-refractivity contribution in [1.82, 2.24) is 10.2 Å². The molecule has 0 saturated carbocycles. The van der Waals surface area contributed by atoms with Crippen molar-refractivity contribution in [2.75, 3.05) is 23.7 Å². The zero-order valence-corrected chi connectivity index (χ0v) is 12.8. The van der Waals surface area contributed by atoms with Gasteiger partial charge in [0, 0.05) is 6.54 Å². The van der Waals surface area contributed by atoms with Gasteiger partial charge in [-0.05, 0) is 36.4 Å². The van der Waals surface area contributed by atoms with Crippen LogP contribution in [0.1, 0.15) is 0 Å². The van der Waals surface area contributed by atoms with E-state index < -0.39 is 10.0 Å². The maximum atomic E-state index is 12.2. The number of ether oxygens (including phenoxy) is 1. The third kappa shape index (κ3) is 3.95. The largest absolute Gasteiger partial charge is 0.497 e. The number of nitrogens with one attached hydrogen (secondary N) is 2. The van der Waals surface area contributed by atoms with Crippen molar-refractivity contribution in [1.29, 1.82) is 0 Å². The monoisotopic (exact) mass is 320 g/mol. The normalized spacial score (nSPS) is 10.8. The highest BCUT2D eigenvalue weighted by molar-refractivity contribution is 7.92. The highest BCUT2D eigenvalue weighted by Crippen LogP contribution is 2.18. The number of rotatable bonds is 7. The van der Waals surface area contributed by atoms with Gasteiger partial charge in [0.2, 0.25) is 0 Å². The molecule has 116 valence electrons. The third-order valence-electron chi connectivity index (χ3n) is 2.70. The lowest BCUT2D eigenvalue weighted by molar-refractivity contribution is 0.414. The smallest absolute Gasteiger partial charge is 0.263 e. The van der Waals surface area contributed by atoms with E-state index in [9.17, 15) is 8.42 Å². The van der Waals surface area contributed by atoms with Crippen LogP contribution in [-0.2, 0) is 10.0 Å². The summed E-state index contributed by atoms with van der Waals surface area (Å²) in [6, 6.07) is 9.20. The van der Waals surface area contributed by atoms with E-state index in [1.54, 1.807) is 24.3 Å².